The molecule has 1 aliphatic heterocycles. The van der Waals surface area contributed by atoms with Gasteiger partial charge < -0.3 is 9.47 Å². The molecule has 2 heterocycles. The molecular formula is C21H21FN2O. The smallest absolute Gasteiger partial charge is 0.227 e. The van der Waals surface area contributed by atoms with Crippen molar-refractivity contribution in [2.75, 3.05) is 6.54 Å². The first kappa shape index (κ1) is 15.9. The minimum atomic E-state index is -0.242. The molecule has 0 bridgehead atoms. The molecule has 1 amide bonds. The van der Waals surface area contributed by atoms with Gasteiger partial charge in [0.25, 0.3) is 0 Å². The van der Waals surface area contributed by atoms with Crippen LogP contribution in [0.15, 0.2) is 48.7 Å². The zero-order chi connectivity index (χ0) is 17.6. The molecule has 1 aromatic heterocycles. The Morgan fingerprint density at radius 2 is 2.04 bits per heavy atom. The molecule has 2 aromatic carbocycles. The van der Waals surface area contributed by atoms with Crippen molar-refractivity contribution in [2.45, 2.75) is 25.8 Å². The Bertz CT molecular complexity index is 960. The van der Waals surface area contributed by atoms with E-state index in [0.717, 1.165) is 34.0 Å². The van der Waals surface area contributed by atoms with Gasteiger partial charge in [-0.2, -0.15) is 0 Å². The fraction of sp³-hybridized carbons (Fsp3) is 0.286. The van der Waals surface area contributed by atoms with Crippen molar-refractivity contribution in [3.8, 4) is 0 Å². The van der Waals surface area contributed by atoms with E-state index in [1.807, 2.05) is 43.3 Å². The Morgan fingerprint density at radius 3 is 2.88 bits per heavy atom. The van der Waals surface area contributed by atoms with E-state index in [4.69, 9.17) is 0 Å². The molecule has 25 heavy (non-hydrogen) atoms. The van der Waals surface area contributed by atoms with E-state index >= 15 is 0 Å². The normalized spacial score (nSPS) is 16.9. The highest BCUT2D eigenvalue weighted by atomic mass is 19.1. The number of para-hydroxylation sites is 1. The molecule has 3 nitrogen and oxygen atoms in total. The highest BCUT2D eigenvalue weighted by Gasteiger charge is 2.28. The maximum absolute atomic E-state index is 13.6. The fourth-order valence-electron chi connectivity index (χ4n) is 3.96. The van der Waals surface area contributed by atoms with Crippen LogP contribution in [-0.4, -0.2) is 21.9 Å². The summed E-state index contributed by atoms with van der Waals surface area (Å²) in [6.45, 7) is 2.67. The number of hydrogen-bond donors (Lipinski definition) is 0. The van der Waals surface area contributed by atoms with E-state index in [-0.39, 0.29) is 17.8 Å². The molecule has 4 rings (SSSR count). The third-order valence-electron chi connectivity index (χ3n) is 5.29. The number of fused-ring (bicyclic) bond motifs is 2. The van der Waals surface area contributed by atoms with Gasteiger partial charge in [-0.1, -0.05) is 24.3 Å². The van der Waals surface area contributed by atoms with Crippen molar-refractivity contribution in [1.82, 2.24) is 9.47 Å². The Kier molecular flexibility index (Phi) is 3.83. The first-order valence-corrected chi connectivity index (χ1v) is 8.65. The number of amides is 1. The molecule has 0 saturated carbocycles. The molecule has 128 valence electrons. The van der Waals surface area contributed by atoms with E-state index in [0.29, 0.717) is 13.0 Å². The zero-order valence-electron chi connectivity index (χ0n) is 14.5. The maximum atomic E-state index is 13.6. The number of aromatic nitrogens is 1. The van der Waals surface area contributed by atoms with E-state index in [9.17, 15) is 9.18 Å². The van der Waals surface area contributed by atoms with Crippen LogP contribution in [0.3, 0.4) is 0 Å². The summed E-state index contributed by atoms with van der Waals surface area (Å²) in [6, 6.07) is 12.9. The Morgan fingerprint density at radius 1 is 1.24 bits per heavy atom. The SMILES string of the molecule is CC1c2cc(F)ccc2CCN1C(=O)Cc1cn(C)c2ccccc12. The van der Waals surface area contributed by atoms with Gasteiger partial charge in [0.05, 0.1) is 12.5 Å². The average molecular weight is 336 g/mol. The van der Waals surface area contributed by atoms with Crippen LogP contribution in [0.25, 0.3) is 10.9 Å². The molecule has 0 spiro atoms. The molecule has 0 N–H and O–H groups in total. The lowest BCUT2D eigenvalue weighted by molar-refractivity contribution is -0.133. The summed E-state index contributed by atoms with van der Waals surface area (Å²) in [5, 5.41) is 1.12. The summed E-state index contributed by atoms with van der Waals surface area (Å²) < 4.78 is 15.7. The van der Waals surface area contributed by atoms with Crippen molar-refractivity contribution < 1.29 is 9.18 Å². The minimum absolute atomic E-state index is 0.0954. The van der Waals surface area contributed by atoms with Crippen LogP contribution >= 0.6 is 0 Å². The lowest BCUT2D eigenvalue weighted by Crippen LogP contribution is -2.39. The van der Waals surface area contributed by atoms with Gasteiger partial charge in [-0.25, -0.2) is 4.39 Å². The first-order chi connectivity index (χ1) is 12.0. The monoisotopic (exact) mass is 336 g/mol. The number of carbonyl (C=O) groups excluding carboxylic acids is 1. The Labute approximate surface area is 146 Å². The lowest BCUT2D eigenvalue weighted by atomic mass is 9.93. The van der Waals surface area contributed by atoms with Crippen LogP contribution in [-0.2, 0) is 24.7 Å². The third kappa shape index (κ3) is 2.72. The summed E-state index contributed by atoms with van der Waals surface area (Å²) in [6.07, 6.45) is 3.18. The predicted octanol–water partition coefficient (Wildman–Crippen LogP) is 4.01. The summed E-state index contributed by atoms with van der Waals surface area (Å²) in [5.74, 6) is -0.146. The number of halogens is 1. The lowest BCUT2D eigenvalue weighted by Gasteiger charge is -2.35. The van der Waals surface area contributed by atoms with E-state index in [1.165, 1.54) is 6.07 Å². The second-order valence-corrected chi connectivity index (χ2v) is 6.82. The quantitative estimate of drug-likeness (QED) is 0.694. The summed E-state index contributed by atoms with van der Waals surface area (Å²) in [5.41, 5.74) is 4.24. The molecule has 0 fully saturated rings. The van der Waals surface area contributed by atoms with Gasteiger partial charge in [0.1, 0.15) is 5.82 Å². The van der Waals surface area contributed by atoms with Crippen LogP contribution in [0.5, 0.6) is 0 Å². The summed E-state index contributed by atoms with van der Waals surface area (Å²) in [7, 11) is 2.00. The molecule has 3 aromatic rings. The largest absolute Gasteiger partial charge is 0.350 e. The standard InChI is InChI=1S/C21H21FN2O/c1-14-19-12-17(22)8-7-15(19)9-10-24(14)21(25)11-16-13-23(2)20-6-4-3-5-18(16)20/h3-8,12-14H,9-11H2,1-2H3. The number of aryl methyl sites for hydroxylation is 1. The highest BCUT2D eigenvalue weighted by molar-refractivity contribution is 5.89. The zero-order valence-corrected chi connectivity index (χ0v) is 14.5. The minimum Gasteiger partial charge on any atom is -0.350 e. The first-order valence-electron chi connectivity index (χ1n) is 8.65. The topological polar surface area (TPSA) is 25.2 Å². The Balaban J connectivity index is 1.61. The van der Waals surface area contributed by atoms with Crippen LogP contribution in [0.2, 0.25) is 0 Å². The molecule has 0 radical (unpaired) electrons. The molecule has 1 atom stereocenters. The third-order valence-corrected chi connectivity index (χ3v) is 5.29. The van der Waals surface area contributed by atoms with Gasteiger partial charge in [-0.05, 0) is 48.2 Å². The molecule has 1 aliphatic rings. The van der Waals surface area contributed by atoms with Crippen molar-refractivity contribution in [2.24, 2.45) is 7.05 Å². The van der Waals surface area contributed by atoms with Crippen LogP contribution < -0.4 is 0 Å². The van der Waals surface area contributed by atoms with E-state index in [1.54, 1.807) is 6.07 Å². The fourth-order valence-corrected chi connectivity index (χ4v) is 3.96. The van der Waals surface area contributed by atoms with E-state index < -0.39 is 0 Å². The van der Waals surface area contributed by atoms with Crippen LogP contribution in [0.1, 0.15) is 29.7 Å². The van der Waals surface area contributed by atoms with Gasteiger partial charge in [0.15, 0.2) is 0 Å². The van der Waals surface area contributed by atoms with Gasteiger partial charge in [0.2, 0.25) is 5.91 Å². The Hall–Kier alpha value is -2.62. The van der Waals surface area contributed by atoms with Crippen LogP contribution in [0, 0.1) is 5.82 Å². The summed E-state index contributed by atoms with van der Waals surface area (Å²) >= 11 is 0. The van der Waals surface area contributed by atoms with Gasteiger partial charge in [0, 0.05) is 30.7 Å². The van der Waals surface area contributed by atoms with Gasteiger partial charge in [-0.15, -0.1) is 0 Å². The molecule has 0 aliphatic carbocycles. The second-order valence-electron chi connectivity index (χ2n) is 6.82. The maximum Gasteiger partial charge on any atom is 0.227 e. The number of hydrogen-bond acceptors (Lipinski definition) is 1. The second kappa shape index (κ2) is 6.03. The van der Waals surface area contributed by atoms with Crippen molar-refractivity contribution in [3.05, 3.63) is 71.2 Å². The molecule has 0 saturated heterocycles. The van der Waals surface area contributed by atoms with Gasteiger partial charge >= 0.3 is 0 Å². The highest BCUT2D eigenvalue weighted by Crippen LogP contribution is 2.31. The average Bonchev–Trinajstić information content (AvgIpc) is 2.92. The van der Waals surface area contributed by atoms with Gasteiger partial charge in [-0.3, -0.25) is 4.79 Å². The van der Waals surface area contributed by atoms with E-state index in [2.05, 4.69) is 16.7 Å². The molecule has 4 heteroatoms. The summed E-state index contributed by atoms with van der Waals surface area (Å²) in [4.78, 5) is 14.8. The number of rotatable bonds is 2. The molecule has 1 unspecified atom stereocenters. The van der Waals surface area contributed by atoms with Crippen molar-refractivity contribution in [1.29, 1.82) is 0 Å². The number of carbonyl (C=O) groups is 1. The predicted molar refractivity (Wildman–Crippen MR) is 96.9 cm³/mol. The van der Waals surface area contributed by atoms with Crippen molar-refractivity contribution >= 4 is 16.8 Å². The number of benzene rings is 2. The van der Waals surface area contributed by atoms with Crippen molar-refractivity contribution in [3.63, 3.8) is 0 Å². The molecular weight excluding hydrogens is 315 g/mol. The van der Waals surface area contributed by atoms with Crippen LogP contribution in [0.4, 0.5) is 4.39 Å². The number of nitrogens with zero attached hydrogens (tertiary/aromatic N) is 2.